The highest BCUT2D eigenvalue weighted by molar-refractivity contribution is 6.35. The molecule has 55 heavy (non-hydrogen) atoms. The second-order valence-corrected chi connectivity index (χ2v) is 14.2. The van der Waals surface area contributed by atoms with Crippen LogP contribution in [0, 0.1) is 0 Å². The molecule has 1 aliphatic carbocycles. The van der Waals surface area contributed by atoms with Gasteiger partial charge < -0.3 is 35.5 Å². The minimum atomic E-state index is -4.75. The number of rotatable bonds is 14. The number of hydrogen-bond donors (Lipinski definition) is 4. The van der Waals surface area contributed by atoms with Gasteiger partial charge >= 0.3 is 6.18 Å². The molecule has 2 amide bonds. The summed E-state index contributed by atoms with van der Waals surface area (Å²) < 4.78 is 60.5. The van der Waals surface area contributed by atoms with Gasteiger partial charge in [0, 0.05) is 79.6 Å². The maximum absolute atomic E-state index is 14.5. The lowest BCUT2D eigenvalue weighted by Gasteiger charge is -2.21. The van der Waals surface area contributed by atoms with E-state index in [4.69, 9.17) is 30.8 Å². The molecule has 4 aromatic rings. The van der Waals surface area contributed by atoms with Crippen molar-refractivity contribution < 1.29 is 37.0 Å². The highest BCUT2D eigenvalue weighted by Crippen LogP contribution is 2.45. The maximum atomic E-state index is 14.5. The second kappa shape index (κ2) is 16.4. The highest BCUT2D eigenvalue weighted by Gasteiger charge is 2.39. The van der Waals surface area contributed by atoms with E-state index in [-0.39, 0.29) is 41.9 Å². The van der Waals surface area contributed by atoms with Crippen molar-refractivity contribution in [2.75, 3.05) is 27.3 Å². The number of benzene rings is 1. The smallest absolute Gasteiger partial charge is 0.421 e. The summed E-state index contributed by atoms with van der Waals surface area (Å²) in [4.78, 5) is 36.6. The number of carbonyl (C=O) groups excluding carboxylic acids is 2. The predicted octanol–water partition coefficient (Wildman–Crippen LogP) is 5.70. The fourth-order valence-corrected chi connectivity index (χ4v) is 7.71. The van der Waals surface area contributed by atoms with Crippen LogP contribution in [-0.4, -0.2) is 66.2 Å². The number of nitrogens with one attached hydrogen (secondary N) is 4. The molecule has 16 heteroatoms. The van der Waals surface area contributed by atoms with Crippen LogP contribution in [0.15, 0.2) is 48.7 Å². The maximum Gasteiger partial charge on any atom is 0.421 e. The Bertz CT molecular complexity index is 2080. The summed E-state index contributed by atoms with van der Waals surface area (Å²) in [7, 11) is 2.90. The van der Waals surface area contributed by atoms with Crippen LogP contribution in [0.2, 0.25) is 5.02 Å². The van der Waals surface area contributed by atoms with Crippen LogP contribution in [0.25, 0.3) is 22.5 Å². The third-order valence-corrected chi connectivity index (χ3v) is 10.5. The van der Waals surface area contributed by atoms with Crippen molar-refractivity contribution in [1.29, 1.82) is 0 Å². The summed E-state index contributed by atoms with van der Waals surface area (Å²) in [6.07, 6.45) is -0.494. The van der Waals surface area contributed by atoms with E-state index >= 15 is 0 Å². The number of methoxy groups -OCH3 is 2. The van der Waals surface area contributed by atoms with E-state index in [9.17, 15) is 22.8 Å². The number of fused-ring (bicyclic) bond motifs is 1. The lowest BCUT2D eigenvalue weighted by molar-refractivity contribution is -0.139. The molecule has 0 spiro atoms. The van der Waals surface area contributed by atoms with E-state index in [0.717, 1.165) is 29.2 Å². The molecule has 0 bridgehead atoms. The van der Waals surface area contributed by atoms with Crippen molar-refractivity contribution in [3.63, 3.8) is 0 Å². The van der Waals surface area contributed by atoms with Crippen LogP contribution < -0.4 is 35.5 Å². The topological polar surface area (TPSA) is 149 Å². The number of amides is 2. The molecule has 2 saturated heterocycles. The molecule has 2 fully saturated rings. The van der Waals surface area contributed by atoms with Gasteiger partial charge in [-0.2, -0.15) is 18.2 Å². The Balaban J connectivity index is 1.10. The molecule has 4 N–H and O–H groups in total. The summed E-state index contributed by atoms with van der Waals surface area (Å²) in [6.45, 7) is 1.58. The summed E-state index contributed by atoms with van der Waals surface area (Å²) in [5, 5.41) is 12.6. The lowest BCUT2D eigenvalue weighted by atomic mass is 9.98. The van der Waals surface area contributed by atoms with Crippen molar-refractivity contribution in [2.24, 2.45) is 0 Å². The molecule has 2 aliphatic heterocycles. The average Bonchev–Trinajstić information content (AvgIpc) is 3.91. The van der Waals surface area contributed by atoms with Crippen LogP contribution in [0.5, 0.6) is 17.6 Å². The molecule has 3 aliphatic rings. The van der Waals surface area contributed by atoms with Gasteiger partial charge in [-0.1, -0.05) is 35.9 Å². The molecular formula is C39H41ClF3N7O5. The Labute approximate surface area is 320 Å². The van der Waals surface area contributed by atoms with Crippen LogP contribution in [0.4, 0.5) is 13.2 Å². The molecule has 0 unspecified atom stereocenters. The summed E-state index contributed by atoms with van der Waals surface area (Å²) in [5.74, 6) is -0.0998. The molecule has 290 valence electrons. The second-order valence-electron chi connectivity index (χ2n) is 13.8. The SMILES string of the molecule is COc1nc(-c2ccnc(-c3cccc4c3CC[C@H]4Oc3nc(OC)c(CNC[C@H]4CCC(=O)N4)cc3C(F)(F)F)c2Cl)ccc1CNC[C@H]1CCC(=O)N1. The van der Waals surface area contributed by atoms with Gasteiger partial charge in [0.1, 0.15) is 11.7 Å². The molecule has 7 rings (SSSR count). The van der Waals surface area contributed by atoms with E-state index in [2.05, 4.69) is 31.2 Å². The molecule has 1 aromatic carbocycles. The fraction of sp³-hybridized carbons (Fsp3) is 0.410. The molecule has 0 saturated carbocycles. The zero-order valence-corrected chi connectivity index (χ0v) is 31.1. The molecule has 12 nitrogen and oxygen atoms in total. The number of ether oxygens (including phenoxy) is 3. The van der Waals surface area contributed by atoms with Gasteiger partial charge in [0.25, 0.3) is 0 Å². The van der Waals surface area contributed by atoms with Crippen molar-refractivity contribution >= 4 is 23.4 Å². The number of halogens is 4. The zero-order valence-electron chi connectivity index (χ0n) is 30.3. The van der Waals surface area contributed by atoms with Crippen molar-refractivity contribution in [3.8, 4) is 40.2 Å². The van der Waals surface area contributed by atoms with Crippen LogP contribution in [0.3, 0.4) is 0 Å². The minimum absolute atomic E-state index is 0.0133. The van der Waals surface area contributed by atoms with Gasteiger partial charge in [-0.05, 0) is 55.0 Å². The minimum Gasteiger partial charge on any atom is -0.481 e. The van der Waals surface area contributed by atoms with Crippen LogP contribution in [-0.2, 0) is 35.3 Å². The quantitative estimate of drug-likeness (QED) is 0.126. The number of hydrogen-bond acceptors (Lipinski definition) is 10. The van der Waals surface area contributed by atoms with E-state index in [1.54, 1.807) is 25.4 Å². The first-order chi connectivity index (χ1) is 26.5. The summed E-state index contributed by atoms with van der Waals surface area (Å²) >= 11 is 7.05. The first-order valence-electron chi connectivity index (χ1n) is 18.1. The van der Waals surface area contributed by atoms with Gasteiger partial charge in [0.2, 0.25) is 29.5 Å². The predicted molar refractivity (Wildman–Crippen MR) is 198 cm³/mol. The normalized spacial score (nSPS) is 19.3. The third kappa shape index (κ3) is 8.48. The summed E-state index contributed by atoms with van der Waals surface area (Å²) in [5.41, 5.74) is 4.09. The van der Waals surface area contributed by atoms with E-state index in [0.29, 0.717) is 85.2 Å². The molecular weight excluding hydrogens is 739 g/mol. The van der Waals surface area contributed by atoms with Crippen LogP contribution in [0.1, 0.15) is 66.0 Å². The Morgan fingerprint density at radius 2 is 1.49 bits per heavy atom. The zero-order chi connectivity index (χ0) is 38.7. The fourth-order valence-electron chi connectivity index (χ4n) is 7.40. The number of aromatic nitrogens is 3. The van der Waals surface area contributed by atoms with Gasteiger partial charge in [0.05, 0.1) is 30.6 Å². The first-order valence-corrected chi connectivity index (χ1v) is 18.5. The van der Waals surface area contributed by atoms with E-state index in [1.807, 2.05) is 24.3 Å². The number of pyridine rings is 3. The van der Waals surface area contributed by atoms with Crippen molar-refractivity contribution in [3.05, 3.63) is 81.5 Å². The Hall–Kier alpha value is -4.99. The largest absolute Gasteiger partial charge is 0.481 e. The van der Waals surface area contributed by atoms with Gasteiger partial charge in [0.15, 0.2) is 0 Å². The Morgan fingerprint density at radius 1 is 0.818 bits per heavy atom. The molecule has 0 radical (unpaired) electrons. The highest BCUT2D eigenvalue weighted by atomic mass is 35.5. The van der Waals surface area contributed by atoms with E-state index < -0.39 is 23.7 Å². The number of nitrogens with zero attached hydrogens (tertiary/aromatic N) is 3. The molecule has 5 heterocycles. The van der Waals surface area contributed by atoms with Gasteiger partial charge in [-0.15, -0.1) is 0 Å². The first kappa shape index (κ1) is 38.3. The molecule has 3 atom stereocenters. The third-order valence-electron chi connectivity index (χ3n) is 10.1. The Morgan fingerprint density at radius 3 is 2.13 bits per heavy atom. The summed E-state index contributed by atoms with van der Waals surface area (Å²) in [6, 6.07) is 12.1. The van der Waals surface area contributed by atoms with Gasteiger partial charge in [-0.3, -0.25) is 14.6 Å². The average molecular weight is 780 g/mol. The Kier molecular flexibility index (Phi) is 11.4. The van der Waals surface area contributed by atoms with Crippen molar-refractivity contribution in [1.82, 2.24) is 36.2 Å². The van der Waals surface area contributed by atoms with Crippen LogP contribution >= 0.6 is 11.6 Å². The van der Waals surface area contributed by atoms with E-state index in [1.165, 1.54) is 7.11 Å². The van der Waals surface area contributed by atoms with Gasteiger partial charge in [-0.25, -0.2) is 4.98 Å². The van der Waals surface area contributed by atoms with Crippen molar-refractivity contribution in [2.45, 2.75) is 76.0 Å². The standard InChI is InChI=1S/C39H41ClF3N7O5/c1-53-36-21(17-44-19-23-7-12-32(51)47-23)6-10-30(49-36)28-14-15-46-35(34(28)40)27-5-3-4-26-25(27)9-11-31(26)55-38-29(39(41,42)43)16-22(37(50-38)54-2)18-45-20-24-8-13-33(52)48-24/h3-6,10,14-16,23-24,31,44-45H,7-9,11-13,17-20H2,1-2H3,(H,47,51)(H,48,52)/t23-,24-,31-/m1/s1. The number of alkyl halides is 3. The lowest BCUT2D eigenvalue weighted by Crippen LogP contribution is -2.35. The number of carbonyl (C=O) groups is 2. The molecule has 3 aromatic heterocycles. The monoisotopic (exact) mass is 779 g/mol.